The Balaban J connectivity index is 1.73. The third-order valence-corrected chi connectivity index (χ3v) is 4.51. The van der Waals surface area contributed by atoms with Crippen LogP contribution in [0.4, 0.5) is 5.69 Å². The fraction of sp³-hybridized carbons (Fsp3) is 0.333. The van der Waals surface area contributed by atoms with Crippen molar-refractivity contribution in [2.75, 3.05) is 24.8 Å². The maximum absolute atomic E-state index is 12.9. The minimum Gasteiger partial charge on any atom is -0.454 e. The molecule has 0 saturated heterocycles. The van der Waals surface area contributed by atoms with Gasteiger partial charge in [-0.25, -0.2) is 0 Å². The van der Waals surface area contributed by atoms with Gasteiger partial charge in [0.1, 0.15) is 6.54 Å². The first-order valence-corrected chi connectivity index (χ1v) is 8.99. The van der Waals surface area contributed by atoms with Crippen LogP contribution in [0.2, 0.25) is 0 Å². The van der Waals surface area contributed by atoms with Gasteiger partial charge >= 0.3 is 0 Å². The molecular weight excluding hydrogens is 344 g/mol. The summed E-state index contributed by atoms with van der Waals surface area (Å²) in [6.45, 7) is 6.49. The zero-order chi connectivity index (χ0) is 19.4. The van der Waals surface area contributed by atoms with Crippen LogP contribution in [0.3, 0.4) is 0 Å². The van der Waals surface area contributed by atoms with E-state index < -0.39 is 0 Å². The molecule has 0 bridgehead atoms. The molecule has 2 aromatic carbocycles. The lowest BCUT2D eigenvalue weighted by molar-refractivity contribution is -0.134. The van der Waals surface area contributed by atoms with Crippen molar-refractivity contribution in [2.24, 2.45) is 0 Å². The van der Waals surface area contributed by atoms with E-state index in [2.05, 4.69) is 0 Å². The van der Waals surface area contributed by atoms with Crippen molar-refractivity contribution in [3.8, 4) is 11.5 Å². The number of rotatable bonds is 6. The Morgan fingerprint density at radius 2 is 1.85 bits per heavy atom. The van der Waals surface area contributed by atoms with Crippen LogP contribution in [0, 0.1) is 6.92 Å². The van der Waals surface area contributed by atoms with Crippen molar-refractivity contribution in [3.05, 3.63) is 53.6 Å². The Bertz CT molecular complexity index is 850. The molecule has 6 nitrogen and oxygen atoms in total. The summed E-state index contributed by atoms with van der Waals surface area (Å²) in [6.07, 6.45) is 0. The maximum Gasteiger partial charge on any atom is 0.246 e. The Morgan fingerprint density at radius 1 is 1.07 bits per heavy atom. The van der Waals surface area contributed by atoms with Crippen molar-refractivity contribution in [2.45, 2.75) is 27.3 Å². The summed E-state index contributed by atoms with van der Waals surface area (Å²) in [5.41, 5.74) is 2.82. The van der Waals surface area contributed by atoms with E-state index in [0.29, 0.717) is 24.6 Å². The quantitative estimate of drug-likeness (QED) is 0.786. The summed E-state index contributed by atoms with van der Waals surface area (Å²) >= 11 is 0. The van der Waals surface area contributed by atoms with Crippen molar-refractivity contribution in [3.63, 3.8) is 0 Å². The molecule has 0 aromatic heterocycles. The van der Waals surface area contributed by atoms with Crippen LogP contribution in [0.25, 0.3) is 0 Å². The van der Waals surface area contributed by atoms with Gasteiger partial charge in [0.2, 0.25) is 18.6 Å². The first kappa shape index (κ1) is 18.8. The number of aryl methyl sites for hydroxylation is 1. The number of fused-ring (bicyclic) bond motifs is 1. The largest absolute Gasteiger partial charge is 0.454 e. The smallest absolute Gasteiger partial charge is 0.246 e. The van der Waals surface area contributed by atoms with Crippen molar-refractivity contribution in [1.29, 1.82) is 0 Å². The third kappa shape index (κ3) is 4.39. The second kappa shape index (κ2) is 8.12. The highest BCUT2D eigenvalue weighted by Crippen LogP contribution is 2.32. The molecule has 0 atom stereocenters. The molecule has 3 rings (SSSR count). The number of carbonyl (C=O) groups excluding carboxylic acids is 2. The minimum absolute atomic E-state index is 0.0194. The SMILES string of the molecule is CCN(C(=O)CN(Cc1ccc2c(c1)OCO2)C(C)=O)c1cccc(C)c1. The zero-order valence-corrected chi connectivity index (χ0v) is 15.9. The molecular formula is C21H24N2O4. The van der Waals surface area contributed by atoms with Gasteiger partial charge in [0.05, 0.1) is 0 Å². The number of benzene rings is 2. The predicted octanol–water partition coefficient (Wildman–Crippen LogP) is 3.13. The van der Waals surface area contributed by atoms with E-state index >= 15 is 0 Å². The Labute approximate surface area is 159 Å². The molecule has 1 aliphatic heterocycles. The highest BCUT2D eigenvalue weighted by atomic mass is 16.7. The van der Waals surface area contributed by atoms with Crippen LogP contribution in [0.5, 0.6) is 11.5 Å². The molecule has 1 heterocycles. The number of hydrogen-bond donors (Lipinski definition) is 0. The van der Waals surface area contributed by atoms with Crippen molar-refractivity contribution >= 4 is 17.5 Å². The highest BCUT2D eigenvalue weighted by Gasteiger charge is 2.21. The number of nitrogens with zero attached hydrogens (tertiary/aromatic N) is 2. The van der Waals surface area contributed by atoms with Gasteiger partial charge in [0, 0.05) is 25.7 Å². The Morgan fingerprint density at radius 3 is 2.56 bits per heavy atom. The van der Waals surface area contributed by atoms with Gasteiger partial charge in [-0.3, -0.25) is 9.59 Å². The Kier molecular flexibility index (Phi) is 5.64. The van der Waals surface area contributed by atoms with Gasteiger partial charge in [-0.1, -0.05) is 18.2 Å². The second-order valence-corrected chi connectivity index (χ2v) is 6.54. The van der Waals surface area contributed by atoms with E-state index in [1.807, 2.05) is 56.3 Å². The molecule has 0 spiro atoms. The molecule has 2 aromatic rings. The van der Waals surface area contributed by atoms with Crippen LogP contribution in [0.1, 0.15) is 25.0 Å². The molecule has 0 unspecified atom stereocenters. The molecule has 0 N–H and O–H groups in total. The fourth-order valence-electron chi connectivity index (χ4n) is 3.09. The van der Waals surface area contributed by atoms with E-state index in [1.54, 1.807) is 9.80 Å². The molecule has 1 aliphatic rings. The van der Waals surface area contributed by atoms with Gasteiger partial charge < -0.3 is 19.3 Å². The summed E-state index contributed by atoms with van der Waals surface area (Å²) in [5.74, 6) is 1.10. The molecule has 0 aliphatic carbocycles. The highest BCUT2D eigenvalue weighted by molar-refractivity contribution is 5.96. The Hall–Kier alpha value is -3.02. The van der Waals surface area contributed by atoms with Gasteiger partial charge in [0.25, 0.3) is 0 Å². The van der Waals surface area contributed by atoms with Crippen molar-refractivity contribution < 1.29 is 19.1 Å². The van der Waals surface area contributed by atoms with Gasteiger partial charge in [-0.05, 0) is 49.2 Å². The summed E-state index contributed by atoms with van der Waals surface area (Å²) in [4.78, 5) is 28.2. The van der Waals surface area contributed by atoms with Crippen LogP contribution >= 0.6 is 0 Å². The first-order chi connectivity index (χ1) is 13.0. The third-order valence-electron chi connectivity index (χ3n) is 4.51. The number of hydrogen-bond acceptors (Lipinski definition) is 4. The lowest BCUT2D eigenvalue weighted by Gasteiger charge is -2.26. The first-order valence-electron chi connectivity index (χ1n) is 8.99. The molecule has 142 valence electrons. The number of likely N-dealkylation sites (N-methyl/N-ethyl adjacent to an activating group) is 1. The predicted molar refractivity (Wildman–Crippen MR) is 103 cm³/mol. The average molecular weight is 368 g/mol. The minimum atomic E-state index is -0.152. The lowest BCUT2D eigenvalue weighted by atomic mass is 10.1. The van der Waals surface area contributed by atoms with E-state index in [9.17, 15) is 9.59 Å². The number of ether oxygens (including phenoxy) is 2. The van der Waals surface area contributed by atoms with E-state index in [0.717, 1.165) is 16.8 Å². The van der Waals surface area contributed by atoms with Crippen LogP contribution < -0.4 is 14.4 Å². The topological polar surface area (TPSA) is 59.1 Å². The molecule has 0 radical (unpaired) electrons. The molecule has 2 amide bonds. The molecule has 27 heavy (non-hydrogen) atoms. The fourth-order valence-corrected chi connectivity index (χ4v) is 3.09. The van der Waals surface area contributed by atoms with Gasteiger partial charge in [-0.15, -0.1) is 0 Å². The number of anilines is 1. The number of carbonyl (C=O) groups is 2. The van der Waals surface area contributed by atoms with Gasteiger partial charge in [-0.2, -0.15) is 0 Å². The lowest BCUT2D eigenvalue weighted by Crippen LogP contribution is -2.42. The van der Waals surface area contributed by atoms with Crippen LogP contribution in [0.15, 0.2) is 42.5 Å². The molecule has 0 fully saturated rings. The van der Waals surface area contributed by atoms with Crippen LogP contribution in [-0.2, 0) is 16.1 Å². The second-order valence-electron chi connectivity index (χ2n) is 6.54. The number of amides is 2. The maximum atomic E-state index is 12.9. The zero-order valence-electron chi connectivity index (χ0n) is 15.9. The molecule has 0 saturated carbocycles. The van der Waals surface area contributed by atoms with E-state index in [1.165, 1.54) is 6.92 Å². The standard InChI is InChI=1S/C21H24N2O4/c1-4-23(18-7-5-6-15(2)10-18)21(25)13-22(16(3)24)12-17-8-9-19-20(11-17)27-14-26-19/h5-11H,4,12-14H2,1-3H3. The average Bonchev–Trinajstić information content (AvgIpc) is 3.09. The summed E-state index contributed by atoms with van der Waals surface area (Å²) in [7, 11) is 0. The van der Waals surface area contributed by atoms with Gasteiger partial charge in [0.15, 0.2) is 11.5 Å². The van der Waals surface area contributed by atoms with Crippen LogP contribution in [-0.4, -0.2) is 36.6 Å². The van der Waals surface area contributed by atoms with Crippen molar-refractivity contribution in [1.82, 2.24) is 4.90 Å². The molecule has 6 heteroatoms. The van der Waals surface area contributed by atoms with E-state index in [4.69, 9.17) is 9.47 Å². The monoisotopic (exact) mass is 368 g/mol. The summed E-state index contributed by atoms with van der Waals surface area (Å²) < 4.78 is 10.7. The van der Waals surface area contributed by atoms with E-state index in [-0.39, 0.29) is 25.2 Å². The summed E-state index contributed by atoms with van der Waals surface area (Å²) in [5, 5.41) is 0. The summed E-state index contributed by atoms with van der Waals surface area (Å²) in [6, 6.07) is 13.3. The normalized spacial score (nSPS) is 12.0.